The van der Waals surface area contributed by atoms with E-state index in [4.69, 9.17) is 9.72 Å². The molecule has 10 heteroatoms. The Morgan fingerprint density at radius 3 is 2.68 bits per heavy atom. The molecule has 1 aliphatic rings. The van der Waals surface area contributed by atoms with E-state index in [1.807, 2.05) is 17.9 Å². The van der Waals surface area contributed by atoms with Crippen LogP contribution < -0.4 is 25.6 Å². The number of aryl methyl sites for hydroxylation is 1. The molecule has 0 saturated heterocycles. The van der Waals surface area contributed by atoms with Gasteiger partial charge in [0, 0.05) is 30.8 Å². The summed E-state index contributed by atoms with van der Waals surface area (Å²) < 4.78 is 5.54. The number of aromatic nitrogens is 4. The van der Waals surface area contributed by atoms with E-state index in [0.717, 1.165) is 17.1 Å². The fraction of sp³-hybridized carbons (Fsp3) is 0.292. The zero-order valence-electron chi connectivity index (χ0n) is 19.9. The Hall–Kier alpha value is -4.21. The second-order valence-corrected chi connectivity index (χ2v) is 8.57. The SMILES string of the molecule is C=CC(=O)Nc1cc(Nc2ncnc(N3CC(C)(C)c4nc(C)ccc43)n2)c(OC)cc1NC. The first-order chi connectivity index (χ1) is 16.2. The summed E-state index contributed by atoms with van der Waals surface area (Å²) in [6, 6.07) is 7.56. The third-order valence-electron chi connectivity index (χ3n) is 5.60. The van der Waals surface area contributed by atoms with Crippen molar-refractivity contribution in [2.75, 3.05) is 41.6 Å². The topological polar surface area (TPSA) is 117 Å². The second-order valence-electron chi connectivity index (χ2n) is 8.57. The van der Waals surface area contributed by atoms with Crippen molar-refractivity contribution in [3.63, 3.8) is 0 Å². The van der Waals surface area contributed by atoms with Crippen LogP contribution in [0, 0.1) is 6.92 Å². The number of ether oxygens (including phenoxy) is 1. The molecule has 2 aromatic heterocycles. The predicted molar refractivity (Wildman–Crippen MR) is 133 cm³/mol. The molecule has 176 valence electrons. The van der Waals surface area contributed by atoms with Crippen molar-refractivity contribution < 1.29 is 9.53 Å². The molecule has 3 aromatic rings. The molecular weight excluding hydrogens is 432 g/mol. The number of amides is 1. The second kappa shape index (κ2) is 8.97. The molecule has 0 radical (unpaired) electrons. The highest BCUT2D eigenvalue weighted by Crippen LogP contribution is 2.42. The van der Waals surface area contributed by atoms with Gasteiger partial charge in [-0.05, 0) is 31.2 Å². The first-order valence-electron chi connectivity index (χ1n) is 10.8. The summed E-state index contributed by atoms with van der Waals surface area (Å²) >= 11 is 0. The normalized spacial score (nSPS) is 13.7. The average molecular weight is 461 g/mol. The number of benzene rings is 1. The monoisotopic (exact) mass is 460 g/mol. The number of anilines is 6. The van der Waals surface area contributed by atoms with Crippen LogP contribution in [0.4, 0.5) is 34.6 Å². The molecule has 1 aromatic carbocycles. The average Bonchev–Trinajstić information content (AvgIpc) is 3.09. The molecule has 10 nitrogen and oxygen atoms in total. The Bertz CT molecular complexity index is 1260. The fourth-order valence-corrected chi connectivity index (χ4v) is 3.94. The van der Waals surface area contributed by atoms with Gasteiger partial charge in [0.25, 0.3) is 0 Å². The summed E-state index contributed by atoms with van der Waals surface area (Å²) in [5, 5.41) is 9.02. The van der Waals surface area contributed by atoms with Crippen LogP contribution >= 0.6 is 0 Å². The Labute approximate surface area is 198 Å². The van der Waals surface area contributed by atoms with E-state index in [9.17, 15) is 4.79 Å². The van der Waals surface area contributed by atoms with Crippen LogP contribution in [0.15, 0.2) is 43.2 Å². The van der Waals surface area contributed by atoms with Gasteiger partial charge in [-0.15, -0.1) is 0 Å². The van der Waals surface area contributed by atoms with Crippen LogP contribution in [0.25, 0.3) is 0 Å². The molecule has 1 amide bonds. The van der Waals surface area contributed by atoms with Gasteiger partial charge < -0.3 is 25.6 Å². The summed E-state index contributed by atoms with van der Waals surface area (Å²) in [5.41, 5.74) is 4.66. The molecule has 0 fully saturated rings. The highest BCUT2D eigenvalue weighted by molar-refractivity contribution is 6.02. The Morgan fingerprint density at radius 2 is 1.97 bits per heavy atom. The van der Waals surface area contributed by atoms with E-state index in [0.29, 0.717) is 41.3 Å². The Morgan fingerprint density at radius 1 is 1.18 bits per heavy atom. The molecular formula is C24H28N8O2. The van der Waals surface area contributed by atoms with Gasteiger partial charge in [-0.2, -0.15) is 4.98 Å². The lowest BCUT2D eigenvalue weighted by Crippen LogP contribution is -2.26. The van der Waals surface area contributed by atoms with Crippen LogP contribution in [-0.4, -0.2) is 46.5 Å². The summed E-state index contributed by atoms with van der Waals surface area (Å²) in [5.74, 6) is 1.08. The van der Waals surface area contributed by atoms with Crippen molar-refractivity contribution in [2.45, 2.75) is 26.2 Å². The summed E-state index contributed by atoms with van der Waals surface area (Å²) in [6.07, 6.45) is 2.67. The van der Waals surface area contributed by atoms with E-state index in [2.05, 4.69) is 57.4 Å². The quantitative estimate of drug-likeness (QED) is 0.451. The maximum Gasteiger partial charge on any atom is 0.247 e. The van der Waals surface area contributed by atoms with E-state index >= 15 is 0 Å². The van der Waals surface area contributed by atoms with E-state index in [1.165, 1.54) is 12.4 Å². The molecule has 1 aliphatic heterocycles. The van der Waals surface area contributed by atoms with Crippen LogP contribution in [0.5, 0.6) is 5.75 Å². The number of nitrogens with one attached hydrogen (secondary N) is 3. The number of nitrogens with zero attached hydrogens (tertiary/aromatic N) is 5. The zero-order valence-corrected chi connectivity index (χ0v) is 19.9. The van der Waals surface area contributed by atoms with Crippen molar-refractivity contribution >= 4 is 40.6 Å². The minimum atomic E-state index is -0.325. The van der Waals surface area contributed by atoms with Crippen LogP contribution in [0.3, 0.4) is 0 Å². The van der Waals surface area contributed by atoms with E-state index in [1.54, 1.807) is 26.3 Å². The Balaban J connectivity index is 1.68. The van der Waals surface area contributed by atoms with Gasteiger partial charge >= 0.3 is 0 Å². The summed E-state index contributed by atoms with van der Waals surface area (Å²) in [4.78, 5) is 32.0. The molecule has 3 N–H and O–H groups in total. The largest absolute Gasteiger partial charge is 0.494 e. The van der Waals surface area contributed by atoms with Crippen molar-refractivity contribution in [3.8, 4) is 5.75 Å². The molecule has 4 rings (SSSR count). The number of hydrogen-bond donors (Lipinski definition) is 3. The first kappa shape index (κ1) is 23.0. The molecule has 0 aliphatic carbocycles. The lowest BCUT2D eigenvalue weighted by atomic mass is 9.91. The number of carbonyl (C=O) groups excluding carboxylic acids is 1. The number of pyridine rings is 1. The predicted octanol–water partition coefficient (Wildman–Crippen LogP) is 3.92. The van der Waals surface area contributed by atoms with Crippen LogP contribution in [-0.2, 0) is 10.2 Å². The highest BCUT2D eigenvalue weighted by atomic mass is 16.5. The molecule has 3 heterocycles. The fourth-order valence-electron chi connectivity index (χ4n) is 3.94. The third-order valence-corrected chi connectivity index (χ3v) is 5.60. The maximum atomic E-state index is 11.9. The smallest absolute Gasteiger partial charge is 0.247 e. The van der Waals surface area contributed by atoms with Gasteiger partial charge in [-0.1, -0.05) is 20.4 Å². The minimum Gasteiger partial charge on any atom is -0.494 e. The van der Waals surface area contributed by atoms with Crippen LogP contribution in [0.2, 0.25) is 0 Å². The van der Waals surface area contributed by atoms with Gasteiger partial charge in [0.1, 0.15) is 12.1 Å². The van der Waals surface area contributed by atoms with Gasteiger partial charge in [0.2, 0.25) is 17.8 Å². The van der Waals surface area contributed by atoms with Crippen molar-refractivity contribution in [2.24, 2.45) is 0 Å². The summed E-state index contributed by atoms with van der Waals surface area (Å²) in [7, 11) is 3.33. The lowest BCUT2D eigenvalue weighted by Gasteiger charge is -2.20. The standard InChI is InChI=1S/C24H28N8O2/c1-7-20(33)29-16-10-17(19(34-6)11-15(16)25-5)30-22-26-13-27-23(31-22)32-12-24(3,4)21-18(32)9-8-14(2)28-21/h7-11,13,25H,1,12H2,2-6H3,(H,29,33)(H,26,27,30,31). The van der Waals surface area contributed by atoms with Crippen molar-refractivity contribution in [3.05, 3.63) is 54.6 Å². The van der Waals surface area contributed by atoms with Crippen LogP contribution in [0.1, 0.15) is 25.2 Å². The Kier molecular flexibility index (Phi) is 6.06. The molecule has 0 saturated carbocycles. The van der Waals surface area contributed by atoms with Gasteiger partial charge in [-0.3, -0.25) is 9.78 Å². The molecule has 0 unspecified atom stereocenters. The molecule has 34 heavy (non-hydrogen) atoms. The zero-order chi connectivity index (χ0) is 24.5. The maximum absolute atomic E-state index is 11.9. The van der Waals surface area contributed by atoms with E-state index < -0.39 is 0 Å². The molecule has 0 spiro atoms. The van der Waals surface area contributed by atoms with Gasteiger partial charge in [0.05, 0.1) is 35.6 Å². The van der Waals surface area contributed by atoms with Crippen molar-refractivity contribution in [1.82, 2.24) is 19.9 Å². The van der Waals surface area contributed by atoms with Crippen molar-refractivity contribution in [1.29, 1.82) is 0 Å². The number of methoxy groups -OCH3 is 1. The first-order valence-corrected chi connectivity index (χ1v) is 10.8. The third kappa shape index (κ3) is 4.34. The van der Waals surface area contributed by atoms with Gasteiger partial charge in [-0.25, -0.2) is 9.97 Å². The number of hydrogen-bond acceptors (Lipinski definition) is 9. The molecule has 0 atom stereocenters. The van der Waals surface area contributed by atoms with E-state index in [-0.39, 0.29) is 11.3 Å². The minimum absolute atomic E-state index is 0.147. The number of carbonyl (C=O) groups is 1. The summed E-state index contributed by atoms with van der Waals surface area (Å²) in [6.45, 7) is 10.5. The number of rotatable bonds is 7. The highest BCUT2D eigenvalue weighted by Gasteiger charge is 2.38. The lowest BCUT2D eigenvalue weighted by molar-refractivity contribution is -0.111. The number of fused-ring (bicyclic) bond motifs is 1. The van der Waals surface area contributed by atoms with Gasteiger partial charge in [0.15, 0.2) is 0 Å². The molecule has 0 bridgehead atoms.